The molecule has 0 aromatic carbocycles. The normalized spacial score (nSPS) is 17.9. The van der Waals surface area contributed by atoms with Gasteiger partial charge in [0.2, 0.25) is 0 Å². The lowest BCUT2D eigenvalue weighted by molar-refractivity contribution is 0.1000. The predicted octanol–water partition coefficient (Wildman–Crippen LogP) is 2.24. The fraction of sp³-hybridized carbons (Fsp3) is 0.545. The highest BCUT2D eigenvalue weighted by molar-refractivity contribution is 7.99. The van der Waals surface area contributed by atoms with Crippen LogP contribution in [0.4, 0.5) is 5.69 Å². The van der Waals surface area contributed by atoms with Crippen LogP contribution in [0.3, 0.4) is 0 Å². The highest BCUT2D eigenvalue weighted by Gasteiger charge is 2.15. The number of aryl methyl sites for hydroxylation is 1. The van der Waals surface area contributed by atoms with Crippen molar-refractivity contribution in [1.29, 1.82) is 0 Å². The molecule has 0 saturated carbocycles. The molecule has 0 bridgehead atoms. The summed E-state index contributed by atoms with van der Waals surface area (Å²) in [7, 11) is 0. The third kappa shape index (κ3) is 2.86. The number of anilines is 1. The second kappa shape index (κ2) is 4.86. The van der Waals surface area contributed by atoms with E-state index < -0.39 is 0 Å². The molecule has 0 radical (unpaired) electrons. The predicted molar refractivity (Wildman–Crippen MR) is 63.1 cm³/mol. The smallest absolute Gasteiger partial charge is 0.0966 e. The van der Waals surface area contributed by atoms with Crippen LogP contribution in [0.25, 0.3) is 0 Å². The van der Waals surface area contributed by atoms with Crippen molar-refractivity contribution < 1.29 is 4.74 Å². The van der Waals surface area contributed by atoms with Crippen LogP contribution < -0.4 is 5.73 Å². The van der Waals surface area contributed by atoms with Gasteiger partial charge in [-0.25, -0.2) is 4.98 Å². The van der Waals surface area contributed by atoms with Crippen molar-refractivity contribution in [1.82, 2.24) is 4.98 Å². The van der Waals surface area contributed by atoms with Crippen LogP contribution in [0.1, 0.15) is 18.4 Å². The lowest BCUT2D eigenvalue weighted by Crippen LogP contribution is -2.17. The Labute approximate surface area is 94.4 Å². The molecule has 0 atom stereocenters. The molecule has 1 aliphatic rings. The third-order valence-electron chi connectivity index (χ3n) is 2.58. The summed E-state index contributed by atoms with van der Waals surface area (Å²) in [5.41, 5.74) is 7.61. The van der Waals surface area contributed by atoms with Gasteiger partial charge in [0.1, 0.15) is 0 Å². The van der Waals surface area contributed by atoms with Crippen molar-refractivity contribution in [3.63, 3.8) is 0 Å². The molecular formula is C11H16N2OS. The minimum Gasteiger partial charge on any atom is -0.397 e. The first kappa shape index (κ1) is 10.8. The van der Waals surface area contributed by atoms with Crippen LogP contribution in [0, 0.1) is 6.92 Å². The number of nitrogen functional groups attached to an aromatic ring is 1. The summed E-state index contributed by atoms with van der Waals surface area (Å²) in [5, 5.41) is 1.72. The quantitative estimate of drug-likeness (QED) is 0.837. The number of nitrogens with two attached hydrogens (primary N) is 1. The fourth-order valence-corrected chi connectivity index (χ4v) is 2.70. The standard InChI is InChI=1S/C11H16N2OS/c1-8-6-11(13-7-10(8)12)15-9-2-4-14-5-3-9/h6-7,9H,2-5,12H2,1H3. The molecule has 2 rings (SSSR count). The lowest BCUT2D eigenvalue weighted by Gasteiger charge is -2.21. The van der Waals surface area contributed by atoms with Crippen LogP contribution in [-0.2, 0) is 4.74 Å². The molecule has 0 aliphatic carbocycles. The molecule has 1 aliphatic heterocycles. The minimum atomic E-state index is 0.647. The molecule has 1 saturated heterocycles. The summed E-state index contributed by atoms with van der Waals surface area (Å²) in [4.78, 5) is 4.33. The first-order valence-electron chi connectivity index (χ1n) is 5.22. The summed E-state index contributed by atoms with van der Waals surface area (Å²) in [6.45, 7) is 3.78. The molecule has 1 fully saturated rings. The van der Waals surface area contributed by atoms with E-state index in [2.05, 4.69) is 11.1 Å². The largest absolute Gasteiger partial charge is 0.397 e. The highest BCUT2D eigenvalue weighted by Crippen LogP contribution is 2.29. The zero-order chi connectivity index (χ0) is 10.7. The van der Waals surface area contributed by atoms with Gasteiger partial charge in [0.25, 0.3) is 0 Å². The number of aromatic nitrogens is 1. The van der Waals surface area contributed by atoms with Gasteiger partial charge in [-0.05, 0) is 31.4 Å². The maximum Gasteiger partial charge on any atom is 0.0966 e. The summed E-state index contributed by atoms with van der Waals surface area (Å²) >= 11 is 1.84. The number of nitrogens with zero attached hydrogens (tertiary/aromatic N) is 1. The van der Waals surface area contributed by atoms with E-state index in [1.54, 1.807) is 6.20 Å². The first-order valence-corrected chi connectivity index (χ1v) is 6.10. The monoisotopic (exact) mass is 224 g/mol. The van der Waals surface area contributed by atoms with Crippen LogP contribution in [-0.4, -0.2) is 23.4 Å². The van der Waals surface area contributed by atoms with E-state index in [0.717, 1.165) is 42.3 Å². The Bertz CT molecular complexity index is 337. The van der Waals surface area contributed by atoms with Crippen molar-refractivity contribution in [3.8, 4) is 0 Å². The maximum absolute atomic E-state index is 5.73. The van der Waals surface area contributed by atoms with Gasteiger partial charge in [-0.2, -0.15) is 0 Å². The number of ether oxygens (including phenoxy) is 1. The second-order valence-corrected chi connectivity index (χ2v) is 5.13. The van der Waals surface area contributed by atoms with Crippen molar-refractivity contribution in [2.45, 2.75) is 30.0 Å². The summed E-state index contributed by atoms with van der Waals surface area (Å²) in [6, 6.07) is 2.06. The van der Waals surface area contributed by atoms with Gasteiger partial charge >= 0.3 is 0 Å². The van der Waals surface area contributed by atoms with E-state index in [4.69, 9.17) is 10.5 Å². The Morgan fingerprint density at radius 2 is 2.20 bits per heavy atom. The highest BCUT2D eigenvalue weighted by atomic mass is 32.2. The second-order valence-electron chi connectivity index (χ2n) is 3.81. The zero-order valence-corrected chi connectivity index (χ0v) is 9.72. The number of rotatable bonds is 2. The van der Waals surface area contributed by atoms with E-state index in [-0.39, 0.29) is 0 Å². The van der Waals surface area contributed by atoms with Crippen LogP contribution in [0.2, 0.25) is 0 Å². The Morgan fingerprint density at radius 1 is 1.47 bits per heavy atom. The molecule has 82 valence electrons. The molecule has 0 spiro atoms. The van der Waals surface area contributed by atoms with Crippen molar-refractivity contribution in [2.75, 3.05) is 18.9 Å². The van der Waals surface area contributed by atoms with Crippen LogP contribution >= 0.6 is 11.8 Å². The summed E-state index contributed by atoms with van der Waals surface area (Å²) in [5.74, 6) is 0. The van der Waals surface area contributed by atoms with E-state index in [1.807, 2.05) is 18.7 Å². The molecule has 2 heterocycles. The average molecular weight is 224 g/mol. The van der Waals surface area contributed by atoms with Crippen molar-refractivity contribution in [2.24, 2.45) is 0 Å². The SMILES string of the molecule is Cc1cc(SC2CCOCC2)ncc1N. The summed E-state index contributed by atoms with van der Waals surface area (Å²) in [6.07, 6.45) is 3.99. The number of pyridine rings is 1. The molecule has 2 N–H and O–H groups in total. The van der Waals surface area contributed by atoms with Gasteiger partial charge in [-0.3, -0.25) is 0 Å². The van der Waals surface area contributed by atoms with Gasteiger partial charge in [0.15, 0.2) is 0 Å². The maximum atomic E-state index is 5.73. The van der Waals surface area contributed by atoms with E-state index >= 15 is 0 Å². The van der Waals surface area contributed by atoms with Crippen molar-refractivity contribution >= 4 is 17.4 Å². The molecule has 1 aromatic rings. The number of thioether (sulfide) groups is 1. The van der Waals surface area contributed by atoms with Crippen molar-refractivity contribution in [3.05, 3.63) is 17.8 Å². The lowest BCUT2D eigenvalue weighted by atomic mass is 10.2. The Balaban J connectivity index is 2.00. The van der Waals surface area contributed by atoms with Gasteiger partial charge in [-0.1, -0.05) is 0 Å². The van der Waals surface area contributed by atoms with Gasteiger partial charge in [0, 0.05) is 18.5 Å². The molecule has 0 amide bonds. The Morgan fingerprint density at radius 3 is 2.87 bits per heavy atom. The van der Waals surface area contributed by atoms with Crippen LogP contribution in [0.15, 0.2) is 17.3 Å². The van der Waals surface area contributed by atoms with E-state index in [9.17, 15) is 0 Å². The van der Waals surface area contributed by atoms with Gasteiger partial charge in [0.05, 0.1) is 16.9 Å². The average Bonchev–Trinajstić information content (AvgIpc) is 2.25. The van der Waals surface area contributed by atoms with Gasteiger partial charge in [-0.15, -0.1) is 11.8 Å². The zero-order valence-electron chi connectivity index (χ0n) is 8.90. The topological polar surface area (TPSA) is 48.1 Å². The summed E-state index contributed by atoms with van der Waals surface area (Å²) < 4.78 is 5.33. The Kier molecular flexibility index (Phi) is 3.49. The van der Waals surface area contributed by atoms with E-state index in [1.165, 1.54) is 0 Å². The fourth-order valence-electron chi connectivity index (χ4n) is 1.57. The molecule has 1 aromatic heterocycles. The van der Waals surface area contributed by atoms with E-state index in [0.29, 0.717) is 5.25 Å². The van der Waals surface area contributed by atoms with Crippen LogP contribution in [0.5, 0.6) is 0 Å². The van der Waals surface area contributed by atoms with Gasteiger partial charge < -0.3 is 10.5 Å². The molecule has 15 heavy (non-hydrogen) atoms. The molecular weight excluding hydrogens is 208 g/mol. The molecule has 4 heteroatoms. The third-order valence-corrected chi connectivity index (χ3v) is 3.85. The molecule has 3 nitrogen and oxygen atoms in total. The first-order chi connectivity index (χ1) is 7.25. The number of hydrogen-bond acceptors (Lipinski definition) is 4. The number of hydrogen-bond donors (Lipinski definition) is 1. The Hall–Kier alpha value is -0.740. The molecule has 0 unspecified atom stereocenters. The minimum absolute atomic E-state index is 0.647.